The van der Waals surface area contributed by atoms with E-state index in [1.54, 1.807) is 13.2 Å². The van der Waals surface area contributed by atoms with Gasteiger partial charge in [-0.2, -0.15) is 0 Å². The van der Waals surface area contributed by atoms with Gasteiger partial charge in [-0.05, 0) is 12.1 Å². The molecule has 0 aliphatic rings. The smallest absolute Gasteiger partial charge is 0.319 e. The van der Waals surface area contributed by atoms with Crippen molar-refractivity contribution in [3.8, 4) is 0 Å². The number of hydrogen-bond acceptors (Lipinski definition) is 3. The molecule has 0 saturated heterocycles. The van der Waals surface area contributed by atoms with Gasteiger partial charge in [0.2, 0.25) is 0 Å². The number of thiol groups is 1. The molecule has 2 N–H and O–H groups in total. The Labute approximate surface area is 94.4 Å². The zero-order valence-corrected chi connectivity index (χ0v) is 9.38. The van der Waals surface area contributed by atoms with Crippen molar-refractivity contribution in [1.82, 2.24) is 5.32 Å². The minimum Gasteiger partial charge on any atom is -0.383 e. The molecule has 0 unspecified atom stereocenters. The van der Waals surface area contributed by atoms with Gasteiger partial charge in [0.15, 0.2) is 0 Å². The van der Waals surface area contributed by atoms with Crippen molar-refractivity contribution in [2.45, 2.75) is 4.90 Å². The number of methoxy groups -OCH3 is 1. The van der Waals surface area contributed by atoms with Gasteiger partial charge in [-0.15, -0.1) is 12.6 Å². The third-order valence-corrected chi connectivity index (χ3v) is 2.13. The number of rotatable bonds is 4. The Morgan fingerprint density at radius 3 is 2.87 bits per heavy atom. The predicted molar refractivity (Wildman–Crippen MR) is 62.6 cm³/mol. The Kier molecular flexibility index (Phi) is 5.00. The lowest BCUT2D eigenvalue weighted by Gasteiger charge is -2.08. The molecule has 0 fully saturated rings. The number of ether oxygens (including phenoxy) is 1. The molecule has 0 spiro atoms. The number of amides is 2. The van der Waals surface area contributed by atoms with E-state index in [0.29, 0.717) is 18.8 Å². The van der Waals surface area contributed by atoms with Gasteiger partial charge in [0.05, 0.1) is 12.3 Å². The molecule has 0 saturated carbocycles. The van der Waals surface area contributed by atoms with E-state index in [1.807, 2.05) is 18.2 Å². The molecule has 1 aromatic rings. The topological polar surface area (TPSA) is 50.4 Å². The van der Waals surface area contributed by atoms with Crippen molar-refractivity contribution in [1.29, 1.82) is 0 Å². The molecule has 1 aromatic carbocycles. The second-order valence-corrected chi connectivity index (χ2v) is 3.37. The monoisotopic (exact) mass is 226 g/mol. The van der Waals surface area contributed by atoms with Gasteiger partial charge in [0.25, 0.3) is 0 Å². The lowest BCUT2D eigenvalue weighted by Crippen LogP contribution is -2.31. The second kappa shape index (κ2) is 6.31. The molecule has 4 nitrogen and oxygen atoms in total. The van der Waals surface area contributed by atoms with Crippen molar-refractivity contribution in [2.24, 2.45) is 0 Å². The van der Waals surface area contributed by atoms with E-state index in [1.165, 1.54) is 0 Å². The summed E-state index contributed by atoms with van der Waals surface area (Å²) in [6.07, 6.45) is 0. The molecule has 82 valence electrons. The Bertz CT molecular complexity index is 331. The van der Waals surface area contributed by atoms with Gasteiger partial charge in [-0.3, -0.25) is 0 Å². The maximum Gasteiger partial charge on any atom is 0.319 e. The van der Waals surface area contributed by atoms with E-state index in [9.17, 15) is 4.79 Å². The minimum absolute atomic E-state index is 0.256. The summed E-state index contributed by atoms with van der Waals surface area (Å²) in [5.74, 6) is 0. The summed E-state index contributed by atoms with van der Waals surface area (Å²) in [6.45, 7) is 0.979. The highest BCUT2D eigenvalue weighted by Gasteiger charge is 2.02. The summed E-state index contributed by atoms with van der Waals surface area (Å²) in [7, 11) is 1.59. The molecule has 0 heterocycles. The molecule has 0 aromatic heterocycles. The number of carbonyl (C=O) groups is 1. The zero-order chi connectivity index (χ0) is 11.1. The summed E-state index contributed by atoms with van der Waals surface area (Å²) in [4.78, 5) is 12.1. The van der Waals surface area contributed by atoms with E-state index >= 15 is 0 Å². The van der Waals surface area contributed by atoms with Crippen molar-refractivity contribution < 1.29 is 9.53 Å². The van der Waals surface area contributed by atoms with Crippen molar-refractivity contribution >= 4 is 24.3 Å². The van der Waals surface area contributed by atoms with E-state index in [0.717, 1.165) is 4.90 Å². The Morgan fingerprint density at radius 1 is 1.47 bits per heavy atom. The average molecular weight is 226 g/mol. The first-order chi connectivity index (χ1) is 7.24. The van der Waals surface area contributed by atoms with Crippen LogP contribution in [0.25, 0.3) is 0 Å². The van der Waals surface area contributed by atoms with Crippen LogP contribution in [0.2, 0.25) is 0 Å². The highest BCUT2D eigenvalue weighted by Crippen LogP contribution is 2.17. The standard InChI is InChI=1S/C10H14N2O2S/c1-14-7-6-11-10(13)12-8-4-2-3-5-9(8)15/h2-5,15H,6-7H2,1H3,(H2,11,12,13). The summed E-state index contributed by atoms with van der Waals surface area (Å²) < 4.78 is 4.81. The van der Waals surface area contributed by atoms with Crippen LogP contribution in [0.15, 0.2) is 29.2 Å². The molecule has 2 amide bonds. The summed E-state index contributed by atoms with van der Waals surface area (Å²) >= 11 is 4.21. The molecule has 5 heteroatoms. The van der Waals surface area contributed by atoms with Crippen LogP contribution in [0.3, 0.4) is 0 Å². The third kappa shape index (κ3) is 4.22. The predicted octanol–water partition coefficient (Wildman–Crippen LogP) is 1.74. The second-order valence-electron chi connectivity index (χ2n) is 2.89. The number of carbonyl (C=O) groups excluding carboxylic acids is 1. The van der Waals surface area contributed by atoms with Crippen LogP contribution in [0.5, 0.6) is 0 Å². The number of hydrogen-bond donors (Lipinski definition) is 3. The number of para-hydroxylation sites is 1. The molecular formula is C10H14N2O2S. The van der Waals surface area contributed by atoms with Gasteiger partial charge < -0.3 is 15.4 Å². The van der Waals surface area contributed by atoms with Crippen LogP contribution in [0.4, 0.5) is 10.5 Å². The summed E-state index contributed by atoms with van der Waals surface area (Å²) in [5, 5.41) is 5.34. The van der Waals surface area contributed by atoms with E-state index < -0.39 is 0 Å². The molecular weight excluding hydrogens is 212 g/mol. The molecule has 0 aliphatic carbocycles. The molecule has 0 bridgehead atoms. The highest BCUT2D eigenvalue weighted by atomic mass is 32.1. The fourth-order valence-electron chi connectivity index (χ4n) is 1.01. The lowest BCUT2D eigenvalue weighted by molar-refractivity contribution is 0.198. The maximum absolute atomic E-state index is 11.3. The summed E-state index contributed by atoms with van der Waals surface area (Å²) in [5.41, 5.74) is 0.691. The van der Waals surface area contributed by atoms with Crippen LogP contribution < -0.4 is 10.6 Å². The SMILES string of the molecule is COCCNC(=O)Nc1ccccc1S. The minimum atomic E-state index is -0.256. The van der Waals surface area contributed by atoms with Crippen molar-refractivity contribution in [3.63, 3.8) is 0 Å². The first kappa shape index (κ1) is 11.9. The molecule has 0 atom stereocenters. The van der Waals surface area contributed by atoms with E-state index in [4.69, 9.17) is 4.74 Å². The molecule has 15 heavy (non-hydrogen) atoms. The molecule has 0 radical (unpaired) electrons. The Balaban J connectivity index is 2.41. The molecule has 0 aliphatic heterocycles. The van der Waals surface area contributed by atoms with Crippen LogP contribution in [-0.4, -0.2) is 26.3 Å². The first-order valence-electron chi connectivity index (χ1n) is 4.56. The largest absolute Gasteiger partial charge is 0.383 e. The van der Waals surface area contributed by atoms with Crippen LogP contribution in [0, 0.1) is 0 Å². The highest BCUT2D eigenvalue weighted by molar-refractivity contribution is 7.80. The van der Waals surface area contributed by atoms with Gasteiger partial charge >= 0.3 is 6.03 Å². The van der Waals surface area contributed by atoms with Crippen LogP contribution in [0.1, 0.15) is 0 Å². The van der Waals surface area contributed by atoms with Gasteiger partial charge in [0, 0.05) is 18.6 Å². The number of urea groups is 1. The summed E-state index contributed by atoms with van der Waals surface area (Å²) in [6, 6.07) is 7.04. The van der Waals surface area contributed by atoms with Gasteiger partial charge in [-0.1, -0.05) is 12.1 Å². The fraction of sp³-hybridized carbons (Fsp3) is 0.300. The Hall–Kier alpha value is -1.20. The van der Waals surface area contributed by atoms with Gasteiger partial charge in [0.1, 0.15) is 0 Å². The van der Waals surface area contributed by atoms with Crippen LogP contribution in [-0.2, 0) is 4.74 Å². The van der Waals surface area contributed by atoms with Crippen LogP contribution >= 0.6 is 12.6 Å². The average Bonchev–Trinajstić information content (AvgIpc) is 2.22. The maximum atomic E-state index is 11.3. The van der Waals surface area contributed by atoms with Crippen molar-refractivity contribution in [3.05, 3.63) is 24.3 Å². The lowest BCUT2D eigenvalue weighted by atomic mass is 10.3. The number of nitrogens with one attached hydrogen (secondary N) is 2. The number of benzene rings is 1. The Morgan fingerprint density at radius 2 is 2.20 bits per heavy atom. The van der Waals surface area contributed by atoms with E-state index in [2.05, 4.69) is 23.3 Å². The third-order valence-electron chi connectivity index (χ3n) is 1.74. The van der Waals surface area contributed by atoms with Crippen molar-refractivity contribution in [2.75, 3.05) is 25.6 Å². The zero-order valence-electron chi connectivity index (χ0n) is 8.49. The normalized spacial score (nSPS) is 9.73. The first-order valence-corrected chi connectivity index (χ1v) is 5.00. The van der Waals surface area contributed by atoms with E-state index in [-0.39, 0.29) is 6.03 Å². The number of anilines is 1. The fourth-order valence-corrected chi connectivity index (χ4v) is 1.23. The van der Waals surface area contributed by atoms with Gasteiger partial charge in [-0.25, -0.2) is 4.79 Å². The molecule has 1 rings (SSSR count). The quantitative estimate of drug-likeness (QED) is 0.541.